The molecule has 0 radical (unpaired) electrons. The Morgan fingerprint density at radius 3 is 3.00 bits per heavy atom. The van der Waals surface area contributed by atoms with E-state index < -0.39 is 5.97 Å². The third-order valence-electron chi connectivity index (χ3n) is 1.93. The molecule has 0 aliphatic carbocycles. The average Bonchev–Trinajstić information content (AvgIpc) is 2.45. The molecule has 2 aromatic rings. The van der Waals surface area contributed by atoms with E-state index in [0.717, 1.165) is 16.7 Å². The topological polar surface area (TPSA) is 66.0 Å². The maximum Gasteiger partial charge on any atom is 0.346 e. The van der Waals surface area contributed by atoms with Crippen molar-refractivity contribution in [3.63, 3.8) is 0 Å². The first-order chi connectivity index (χ1) is 6.61. The molecular formula is C8H6N2O2S2. The Labute approximate surface area is 88.2 Å². The van der Waals surface area contributed by atoms with Gasteiger partial charge in [0.1, 0.15) is 14.3 Å². The molecule has 14 heavy (non-hydrogen) atoms. The Kier molecular flexibility index (Phi) is 2.09. The molecule has 72 valence electrons. The normalized spacial score (nSPS) is 10.6. The lowest BCUT2D eigenvalue weighted by atomic mass is 10.2. The SMILES string of the molecule is Cc1c(C(=O)O)sc2nc[nH]c(=S)c12. The Morgan fingerprint density at radius 2 is 2.43 bits per heavy atom. The number of carboxylic acid groups (broad SMARTS) is 1. The fraction of sp³-hybridized carbons (Fsp3) is 0.125. The van der Waals surface area contributed by atoms with Crippen molar-refractivity contribution in [2.45, 2.75) is 6.92 Å². The van der Waals surface area contributed by atoms with Crippen LogP contribution < -0.4 is 0 Å². The summed E-state index contributed by atoms with van der Waals surface area (Å²) in [6, 6.07) is 0. The van der Waals surface area contributed by atoms with Crippen LogP contribution in [0.1, 0.15) is 15.2 Å². The zero-order valence-corrected chi connectivity index (χ0v) is 8.83. The minimum atomic E-state index is -0.931. The first-order valence-corrected chi connectivity index (χ1v) is 5.04. The molecule has 0 saturated carbocycles. The van der Waals surface area contributed by atoms with Gasteiger partial charge in [-0.3, -0.25) is 0 Å². The maximum absolute atomic E-state index is 10.8. The van der Waals surface area contributed by atoms with Gasteiger partial charge in [0.05, 0.1) is 6.33 Å². The number of aromatic carboxylic acids is 1. The van der Waals surface area contributed by atoms with Gasteiger partial charge in [0, 0.05) is 5.39 Å². The van der Waals surface area contributed by atoms with Gasteiger partial charge in [-0.2, -0.15) is 0 Å². The number of aromatic nitrogens is 2. The predicted molar refractivity (Wildman–Crippen MR) is 56.5 cm³/mol. The molecule has 0 aliphatic rings. The Hall–Kier alpha value is -1.27. The molecule has 2 aromatic heterocycles. The third-order valence-corrected chi connectivity index (χ3v) is 3.44. The lowest BCUT2D eigenvalue weighted by Crippen LogP contribution is -1.93. The summed E-state index contributed by atoms with van der Waals surface area (Å²) >= 11 is 6.21. The second-order valence-corrected chi connectivity index (χ2v) is 4.18. The van der Waals surface area contributed by atoms with Crippen LogP contribution in [0.25, 0.3) is 10.2 Å². The fourth-order valence-corrected chi connectivity index (χ4v) is 2.65. The van der Waals surface area contributed by atoms with Crippen molar-refractivity contribution < 1.29 is 9.90 Å². The van der Waals surface area contributed by atoms with Crippen molar-refractivity contribution in [3.05, 3.63) is 21.4 Å². The lowest BCUT2D eigenvalue weighted by molar-refractivity contribution is 0.0701. The van der Waals surface area contributed by atoms with Crippen molar-refractivity contribution in [2.75, 3.05) is 0 Å². The van der Waals surface area contributed by atoms with Crippen molar-refractivity contribution in [1.82, 2.24) is 9.97 Å². The van der Waals surface area contributed by atoms with Crippen molar-refractivity contribution in [2.24, 2.45) is 0 Å². The third kappa shape index (κ3) is 1.23. The molecule has 0 bridgehead atoms. The van der Waals surface area contributed by atoms with Crippen LogP contribution in [0.5, 0.6) is 0 Å². The molecule has 0 fully saturated rings. The highest BCUT2D eigenvalue weighted by Gasteiger charge is 2.15. The van der Waals surface area contributed by atoms with Crippen molar-refractivity contribution >= 4 is 39.7 Å². The molecule has 2 N–H and O–H groups in total. The number of carbonyl (C=O) groups is 1. The summed E-state index contributed by atoms with van der Waals surface area (Å²) in [5, 5.41) is 9.64. The van der Waals surface area contributed by atoms with E-state index in [1.54, 1.807) is 6.92 Å². The first-order valence-electron chi connectivity index (χ1n) is 3.81. The first kappa shape index (κ1) is 9.29. The molecule has 0 amide bonds. The molecule has 6 heteroatoms. The summed E-state index contributed by atoms with van der Waals surface area (Å²) in [4.78, 5) is 18.6. The molecule has 0 unspecified atom stereocenters. The molecule has 0 atom stereocenters. The lowest BCUT2D eigenvalue weighted by Gasteiger charge is -1.90. The largest absolute Gasteiger partial charge is 0.477 e. The van der Waals surface area contributed by atoms with Crippen LogP contribution in [-0.2, 0) is 0 Å². The molecule has 0 aliphatic heterocycles. The van der Waals surface area contributed by atoms with E-state index in [1.807, 2.05) is 0 Å². The fourth-order valence-electron chi connectivity index (χ4n) is 1.28. The van der Waals surface area contributed by atoms with Gasteiger partial charge in [-0.1, -0.05) is 12.2 Å². The van der Waals surface area contributed by atoms with Gasteiger partial charge in [0.25, 0.3) is 0 Å². The van der Waals surface area contributed by atoms with Gasteiger partial charge >= 0.3 is 5.97 Å². The average molecular weight is 226 g/mol. The van der Waals surface area contributed by atoms with Gasteiger partial charge < -0.3 is 10.1 Å². The van der Waals surface area contributed by atoms with Crippen LogP contribution in [0, 0.1) is 11.6 Å². The van der Waals surface area contributed by atoms with Gasteiger partial charge in [-0.15, -0.1) is 11.3 Å². The van der Waals surface area contributed by atoms with E-state index in [2.05, 4.69) is 9.97 Å². The Bertz CT molecular complexity index is 570. The number of aryl methyl sites for hydroxylation is 1. The number of hydrogen-bond donors (Lipinski definition) is 2. The van der Waals surface area contributed by atoms with Crippen LogP contribution in [-0.4, -0.2) is 21.0 Å². The number of H-pyrrole nitrogens is 1. The van der Waals surface area contributed by atoms with E-state index in [9.17, 15) is 4.79 Å². The molecule has 2 rings (SSSR count). The number of nitrogens with zero attached hydrogens (tertiary/aromatic N) is 1. The zero-order chi connectivity index (χ0) is 10.3. The summed E-state index contributed by atoms with van der Waals surface area (Å²) in [5.41, 5.74) is 0.687. The van der Waals surface area contributed by atoms with Gasteiger partial charge in [0.15, 0.2) is 0 Å². The van der Waals surface area contributed by atoms with E-state index in [0.29, 0.717) is 19.9 Å². The monoisotopic (exact) mass is 226 g/mol. The molecule has 4 nitrogen and oxygen atoms in total. The quantitative estimate of drug-likeness (QED) is 0.732. The highest BCUT2D eigenvalue weighted by Crippen LogP contribution is 2.28. The minimum Gasteiger partial charge on any atom is -0.477 e. The van der Waals surface area contributed by atoms with E-state index in [4.69, 9.17) is 17.3 Å². The molecule has 0 aromatic carbocycles. The number of nitrogens with one attached hydrogen (secondary N) is 1. The van der Waals surface area contributed by atoms with Crippen LogP contribution in [0.4, 0.5) is 0 Å². The van der Waals surface area contributed by atoms with Crippen molar-refractivity contribution in [1.29, 1.82) is 0 Å². The predicted octanol–water partition coefficient (Wildman–Crippen LogP) is 2.36. The van der Waals surface area contributed by atoms with Gasteiger partial charge in [0.2, 0.25) is 0 Å². The second-order valence-electron chi connectivity index (χ2n) is 2.77. The molecule has 0 spiro atoms. The van der Waals surface area contributed by atoms with E-state index in [1.165, 1.54) is 6.33 Å². The number of thiophene rings is 1. The number of carboxylic acids is 1. The molecular weight excluding hydrogens is 220 g/mol. The number of fused-ring (bicyclic) bond motifs is 1. The molecule has 0 saturated heterocycles. The van der Waals surface area contributed by atoms with Crippen LogP contribution in [0.15, 0.2) is 6.33 Å². The van der Waals surface area contributed by atoms with E-state index in [-0.39, 0.29) is 0 Å². The maximum atomic E-state index is 10.8. The molecule has 2 heterocycles. The summed E-state index contributed by atoms with van der Waals surface area (Å²) in [7, 11) is 0. The van der Waals surface area contributed by atoms with Crippen LogP contribution in [0.2, 0.25) is 0 Å². The second kappa shape index (κ2) is 3.14. The van der Waals surface area contributed by atoms with Crippen molar-refractivity contribution in [3.8, 4) is 0 Å². The van der Waals surface area contributed by atoms with Gasteiger partial charge in [-0.05, 0) is 12.5 Å². The summed E-state index contributed by atoms with van der Waals surface area (Å²) < 4.78 is 0.538. The Balaban J connectivity index is 2.94. The summed E-state index contributed by atoms with van der Waals surface area (Å²) in [5.74, 6) is -0.931. The summed E-state index contributed by atoms with van der Waals surface area (Å²) in [6.07, 6.45) is 1.48. The smallest absolute Gasteiger partial charge is 0.346 e. The minimum absolute atomic E-state index is 0.304. The summed E-state index contributed by atoms with van der Waals surface area (Å²) in [6.45, 7) is 1.74. The number of rotatable bonds is 1. The van der Waals surface area contributed by atoms with Crippen LogP contribution >= 0.6 is 23.6 Å². The van der Waals surface area contributed by atoms with Gasteiger partial charge in [-0.25, -0.2) is 9.78 Å². The van der Waals surface area contributed by atoms with Crippen LogP contribution in [0.3, 0.4) is 0 Å². The number of hydrogen-bond acceptors (Lipinski definition) is 4. The number of aromatic amines is 1. The standard InChI is InChI=1S/C8H6N2O2S2/c1-3-4-6(13)9-2-10-7(4)14-5(3)8(11)12/h2H,1H3,(H,11,12)(H,9,10,13). The van der Waals surface area contributed by atoms with E-state index >= 15 is 0 Å². The highest BCUT2D eigenvalue weighted by molar-refractivity contribution is 7.71. The zero-order valence-electron chi connectivity index (χ0n) is 7.20. The highest BCUT2D eigenvalue weighted by atomic mass is 32.1. The Morgan fingerprint density at radius 1 is 1.71 bits per heavy atom.